The maximum Gasteiger partial charge on any atom is 0.407 e. The van der Waals surface area contributed by atoms with Crippen LogP contribution in [0.2, 0.25) is 0 Å². The normalized spacial score (nSPS) is 13.6. The highest BCUT2D eigenvalue weighted by molar-refractivity contribution is 5.68. The number of aliphatic hydroxyl groups is 1. The van der Waals surface area contributed by atoms with E-state index < -0.39 is 35.6 Å². The van der Waals surface area contributed by atoms with Crippen molar-refractivity contribution >= 4 is 6.09 Å². The molecule has 0 aliphatic carbocycles. The molecule has 1 aromatic carbocycles. The van der Waals surface area contributed by atoms with Gasteiger partial charge in [-0.2, -0.15) is 0 Å². The first-order valence-electron chi connectivity index (χ1n) is 7.25. The summed E-state index contributed by atoms with van der Waals surface area (Å²) in [6.45, 7) is 5.25. The Kier molecular flexibility index (Phi) is 6.94. The number of alkyl carbamates (subject to hydrolysis) is 1. The second-order valence-corrected chi connectivity index (χ2v) is 6.31. The van der Waals surface area contributed by atoms with E-state index in [0.717, 1.165) is 18.2 Å². The zero-order valence-electron chi connectivity index (χ0n) is 13.7. The maximum absolute atomic E-state index is 13.3. The van der Waals surface area contributed by atoms with Gasteiger partial charge in [0.05, 0.1) is 0 Å². The molecule has 0 bridgehead atoms. The summed E-state index contributed by atoms with van der Waals surface area (Å²) in [4.78, 5) is 14.3. The van der Waals surface area contributed by atoms with Gasteiger partial charge in [0.25, 0.3) is 0 Å². The van der Waals surface area contributed by atoms with Crippen LogP contribution in [0.4, 0.5) is 13.6 Å². The van der Waals surface area contributed by atoms with Crippen molar-refractivity contribution in [1.82, 2.24) is 5.32 Å². The van der Waals surface area contributed by atoms with Gasteiger partial charge in [0, 0.05) is 29.4 Å². The molecule has 0 aliphatic heterocycles. The SMILES string of the molecule is CC(C)(C)NC(=O)OC(Cc1cc(F)cc(F)c1)CC(O)N=[N+]=[N-]. The number of carbonyl (C=O) groups excluding carboxylic acids is 1. The number of amides is 1. The molecule has 1 amide bonds. The highest BCUT2D eigenvalue weighted by Crippen LogP contribution is 2.16. The smallest absolute Gasteiger partial charge is 0.407 e. The van der Waals surface area contributed by atoms with E-state index in [-0.39, 0.29) is 18.4 Å². The molecule has 2 atom stereocenters. The van der Waals surface area contributed by atoms with Gasteiger partial charge in [-0.3, -0.25) is 0 Å². The Labute approximate surface area is 138 Å². The van der Waals surface area contributed by atoms with Crippen LogP contribution in [0, 0.1) is 11.6 Å². The minimum absolute atomic E-state index is 0.0513. The third-order valence-corrected chi connectivity index (χ3v) is 2.80. The van der Waals surface area contributed by atoms with E-state index in [4.69, 9.17) is 10.3 Å². The zero-order chi connectivity index (χ0) is 18.3. The number of halogens is 2. The van der Waals surface area contributed by atoms with Crippen molar-refractivity contribution in [1.29, 1.82) is 0 Å². The lowest BCUT2D eigenvalue weighted by atomic mass is 10.0. The number of ether oxygens (including phenoxy) is 1. The van der Waals surface area contributed by atoms with Crippen LogP contribution in [-0.4, -0.2) is 29.1 Å². The second-order valence-electron chi connectivity index (χ2n) is 6.31. The minimum atomic E-state index is -1.43. The number of hydrogen-bond acceptors (Lipinski definition) is 4. The van der Waals surface area contributed by atoms with Crippen molar-refractivity contribution in [3.8, 4) is 0 Å². The van der Waals surface area contributed by atoms with E-state index in [1.165, 1.54) is 0 Å². The molecule has 1 rings (SSSR count). The van der Waals surface area contributed by atoms with Gasteiger partial charge in [0.2, 0.25) is 0 Å². The lowest BCUT2D eigenvalue weighted by Crippen LogP contribution is -2.43. The number of nitrogens with zero attached hydrogens (tertiary/aromatic N) is 3. The third kappa shape index (κ3) is 7.75. The Hall–Kier alpha value is -2.38. The maximum atomic E-state index is 13.3. The summed E-state index contributed by atoms with van der Waals surface area (Å²) in [7, 11) is 0. The van der Waals surface area contributed by atoms with Crippen molar-refractivity contribution in [3.05, 3.63) is 45.8 Å². The first-order valence-corrected chi connectivity index (χ1v) is 7.25. The molecule has 0 radical (unpaired) electrons. The van der Waals surface area contributed by atoms with Gasteiger partial charge < -0.3 is 15.2 Å². The Bertz CT molecular complexity index is 607. The van der Waals surface area contributed by atoms with Gasteiger partial charge in [0.1, 0.15) is 24.0 Å². The van der Waals surface area contributed by atoms with Gasteiger partial charge in [-0.1, -0.05) is 5.11 Å². The molecule has 2 unspecified atom stereocenters. The predicted molar refractivity (Wildman–Crippen MR) is 83.0 cm³/mol. The number of aliphatic hydroxyl groups excluding tert-OH is 1. The fraction of sp³-hybridized carbons (Fsp3) is 0.533. The van der Waals surface area contributed by atoms with Crippen molar-refractivity contribution < 1.29 is 23.4 Å². The molecule has 0 heterocycles. The Morgan fingerprint density at radius 1 is 1.38 bits per heavy atom. The molecule has 24 heavy (non-hydrogen) atoms. The minimum Gasteiger partial charge on any atom is -0.446 e. The zero-order valence-corrected chi connectivity index (χ0v) is 13.7. The third-order valence-electron chi connectivity index (χ3n) is 2.80. The van der Waals surface area contributed by atoms with E-state index in [1.54, 1.807) is 20.8 Å². The summed E-state index contributed by atoms with van der Waals surface area (Å²) in [5, 5.41) is 15.2. The summed E-state index contributed by atoms with van der Waals surface area (Å²) in [5.41, 5.74) is 8.02. The molecule has 1 aromatic rings. The summed E-state index contributed by atoms with van der Waals surface area (Å²) < 4.78 is 31.7. The molecule has 132 valence electrons. The Morgan fingerprint density at radius 3 is 2.46 bits per heavy atom. The molecule has 0 saturated carbocycles. The fourth-order valence-corrected chi connectivity index (χ4v) is 1.99. The van der Waals surface area contributed by atoms with Crippen LogP contribution in [0.3, 0.4) is 0 Å². The molecule has 0 saturated heterocycles. The van der Waals surface area contributed by atoms with E-state index in [0.29, 0.717) is 0 Å². The summed E-state index contributed by atoms with van der Waals surface area (Å²) in [6.07, 6.45) is -3.38. The number of rotatable bonds is 6. The lowest BCUT2D eigenvalue weighted by molar-refractivity contribution is 0.0528. The van der Waals surface area contributed by atoms with Crippen molar-refractivity contribution in [2.75, 3.05) is 0 Å². The predicted octanol–water partition coefficient (Wildman–Crippen LogP) is 3.42. The van der Waals surface area contributed by atoms with Gasteiger partial charge >= 0.3 is 6.09 Å². The molecule has 0 fully saturated rings. The molecule has 0 spiro atoms. The molecule has 0 aromatic heterocycles. The topological polar surface area (TPSA) is 107 Å². The molecule has 7 nitrogen and oxygen atoms in total. The largest absolute Gasteiger partial charge is 0.446 e. The van der Waals surface area contributed by atoms with E-state index >= 15 is 0 Å². The first-order chi connectivity index (χ1) is 11.1. The molecule has 0 aliphatic rings. The van der Waals surface area contributed by atoms with Crippen molar-refractivity contribution in [2.45, 2.75) is 51.5 Å². The molecular formula is C15H20F2N4O3. The van der Waals surface area contributed by atoms with Crippen LogP contribution in [0.15, 0.2) is 23.3 Å². The Balaban J connectivity index is 2.87. The highest BCUT2D eigenvalue weighted by atomic mass is 19.1. The molecular weight excluding hydrogens is 322 g/mol. The standard InChI is InChI=1S/C15H20F2N4O3/c1-15(2,3)19-14(23)24-12(8-13(22)20-21-18)6-9-4-10(16)7-11(17)5-9/h4-5,7,12-13,22H,6,8H2,1-3H3,(H,19,23). The second kappa shape index (κ2) is 8.47. The fourth-order valence-electron chi connectivity index (χ4n) is 1.99. The van der Waals surface area contributed by atoms with Gasteiger partial charge in [-0.15, -0.1) is 0 Å². The van der Waals surface area contributed by atoms with Crippen LogP contribution in [0.25, 0.3) is 10.4 Å². The number of hydrogen-bond donors (Lipinski definition) is 2. The number of nitrogens with one attached hydrogen (secondary N) is 1. The molecule has 9 heteroatoms. The first kappa shape index (κ1) is 19.7. The average Bonchev–Trinajstić information content (AvgIpc) is 2.34. The van der Waals surface area contributed by atoms with Crippen LogP contribution < -0.4 is 5.32 Å². The van der Waals surface area contributed by atoms with Crippen LogP contribution in [-0.2, 0) is 11.2 Å². The number of benzene rings is 1. The monoisotopic (exact) mass is 342 g/mol. The van der Waals surface area contributed by atoms with Gasteiger partial charge in [-0.25, -0.2) is 13.6 Å². The van der Waals surface area contributed by atoms with Crippen molar-refractivity contribution in [2.24, 2.45) is 5.11 Å². The van der Waals surface area contributed by atoms with Crippen molar-refractivity contribution in [3.63, 3.8) is 0 Å². The number of carbonyl (C=O) groups is 1. The quantitative estimate of drug-likeness (QED) is 0.470. The average molecular weight is 342 g/mol. The van der Waals surface area contributed by atoms with Crippen LogP contribution in [0.1, 0.15) is 32.8 Å². The van der Waals surface area contributed by atoms with E-state index in [1.807, 2.05) is 0 Å². The van der Waals surface area contributed by atoms with Crippen LogP contribution in [0.5, 0.6) is 0 Å². The molecule has 2 N–H and O–H groups in total. The Morgan fingerprint density at radius 2 is 1.96 bits per heavy atom. The summed E-state index contributed by atoms with van der Waals surface area (Å²) in [5.74, 6) is -1.53. The lowest BCUT2D eigenvalue weighted by Gasteiger charge is -2.24. The van der Waals surface area contributed by atoms with E-state index in [9.17, 15) is 18.7 Å². The van der Waals surface area contributed by atoms with Gasteiger partial charge in [-0.05, 0) is 44.0 Å². The number of azide groups is 1. The highest BCUT2D eigenvalue weighted by Gasteiger charge is 2.22. The van der Waals surface area contributed by atoms with E-state index in [2.05, 4.69) is 15.3 Å². The van der Waals surface area contributed by atoms with Crippen LogP contribution >= 0.6 is 0 Å². The summed E-state index contributed by atoms with van der Waals surface area (Å²) in [6, 6.07) is 2.92. The van der Waals surface area contributed by atoms with Gasteiger partial charge in [0.15, 0.2) is 0 Å². The summed E-state index contributed by atoms with van der Waals surface area (Å²) >= 11 is 0.